The molecule has 1 aliphatic heterocycles. The van der Waals surface area contributed by atoms with E-state index in [1.54, 1.807) is 4.90 Å². The van der Waals surface area contributed by atoms with E-state index in [0.29, 0.717) is 52.1 Å². The van der Waals surface area contributed by atoms with Crippen LogP contribution in [0.5, 0.6) is 0 Å². The first-order chi connectivity index (χ1) is 20.1. The molecule has 0 spiro atoms. The molecule has 0 aromatic heterocycles. The minimum atomic E-state index is -0.751. The summed E-state index contributed by atoms with van der Waals surface area (Å²) in [6.45, 7) is 2.41. The fourth-order valence-corrected chi connectivity index (χ4v) is 4.83. The molecule has 3 aromatic rings. The largest absolute Gasteiger partial charge is 0.378 e. The fourth-order valence-electron chi connectivity index (χ4n) is 4.83. The molecule has 0 radical (unpaired) electrons. The lowest BCUT2D eigenvalue weighted by Gasteiger charge is -2.30. The molecule has 0 aliphatic carbocycles. The van der Waals surface area contributed by atoms with Gasteiger partial charge in [0.1, 0.15) is 6.04 Å². The van der Waals surface area contributed by atoms with Gasteiger partial charge in [-0.2, -0.15) is 0 Å². The minimum absolute atomic E-state index is 0.0609. The van der Waals surface area contributed by atoms with Gasteiger partial charge < -0.3 is 25.6 Å². The summed E-state index contributed by atoms with van der Waals surface area (Å²) in [5.74, 6) is -0.313. The molecule has 0 bridgehead atoms. The Morgan fingerprint density at radius 3 is 1.95 bits per heavy atom. The average molecular weight is 557 g/mol. The smallest absolute Gasteiger partial charge is 0.318 e. The van der Waals surface area contributed by atoms with Crippen LogP contribution in [0.25, 0.3) is 0 Å². The second-order valence-electron chi connectivity index (χ2n) is 10.3. The number of rotatable bonds is 13. The highest BCUT2D eigenvalue weighted by molar-refractivity contribution is 5.87. The maximum Gasteiger partial charge on any atom is 0.318 e. The molecule has 0 unspecified atom stereocenters. The van der Waals surface area contributed by atoms with E-state index in [1.807, 2.05) is 78.9 Å². The number of aryl methyl sites for hydroxylation is 1. The highest BCUT2D eigenvalue weighted by Gasteiger charge is 2.27. The van der Waals surface area contributed by atoms with Crippen LogP contribution >= 0.6 is 0 Å². The van der Waals surface area contributed by atoms with Gasteiger partial charge >= 0.3 is 6.03 Å². The van der Waals surface area contributed by atoms with Crippen molar-refractivity contribution in [3.8, 4) is 0 Å². The van der Waals surface area contributed by atoms with Crippen molar-refractivity contribution in [3.63, 3.8) is 0 Å². The van der Waals surface area contributed by atoms with Gasteiger partial charge in [0.25, 0.3) is 0 Å². The van der Waals surface area contributed by atoms with Crippen LogP contribution in [0.2, 0.25) is 0 Å². The van der Waals surface area contributed by atoms with Crippen LogP contribution in [0.4, 0.5) is 4.79 Å². The number of hydrogen-bond donors (Lipinski definition) is 3. The summed E-state index contributed by atoms with van der Waals surface area (Å²) in [6.07, 6.45) is 2.59. The number of urea groups is 1. The number of morpholine rings is 1. The Bertz CT molecular complexity index is 1220. The van der Waals surface area contributed by atoms with E-state index < -0.39 is 6.04 Å². The van der Waals surface area contributed by atoms with Gasteiger partial charge in [-0.15, -0.1) is 0 Å². The molecule has 1 aliphatic rings. The lowest BCUT2D eigenvalue weighted by molar-refractivity contribution is -0.125. The molecular formula is C33H40N4O4. The number of nitrogens with zero attached hydrogens (tertiary/aromatic N) is 1. The Kier molecular flexibility index (Phi) is 11.8. The predicted molar refractivity (Wildman–Crippen MR) is 159 cm³/mol. The number of ether oxygens (including phenoxy) is 1. The van der Waals surface area contributed by atoms with Crippen molar-refractivity contribution in [1.29, 1.82) is 0 Å². The van der Waals surface area contributed by atoms with E-state index in [4.69, 9.17) is 4.74 Å². The molecule has 2 atom stereocenters. The van der Waals surface area contributed by atoms with Gasteiger partial charge in [-0.05, 0) is 36.0 Å². The Hall–Kier alpha value is -4.17. The number of amides is 4. The molecule has 3 N–H and O–H groups in total. The van der Waals surface area contributed by atoms with Crippen molar-refractivity contribution in [1.82, 2.24) is 20.9 Å². The van der Waals surface area contributed by atoms with Gasteiger partial charge in [0.2, 0.25) is 11.8 Å². The zero-order valence-electron chi connectivity index (χ0n) is 23.5. The number of nitrogens with one attached hydrogen (secondary N) is 3. The molecule has 1 heterocycles. The van der Waals surface area contributed by atoms with Gasteiger partial charge in [0.15, 0.2) is 0 Å². The van der Waals surface area contributed by atoms with E-state index in [-0.39, 0.29) is 30.3 Å². The second kappa shape index (κ2) is 16.2. The van der Waals surface area contributed by atoms with Crippen molar-refractivity contribution in [2.24, 2.45) is 0 Å². The van der Waals surface area contributed by atoms with Gasteiger partial charge in [-0.1, -0.05) is 91.0 Å². The Labute approximate surface area is 242 Å². The third-order valence-corrected chi connectivity index (χ3v) is 7.22. The second-order valence-corrected chi connectivity index (χ2v) is 10.3. The van der Waals surface area contributed by atoms with Crippen molar-refractivity contribution in [3.05, 3.63) is 108 Å². The van der Waals surface area contributed by atoms with Crippen LogP contribution in [-0.2, 0) is 33.7 Å². The van der Waals surface area contributed by atoms with Gasteiger partial charge in [-0.3, -0.25) is 9.59 Å². The van der Waals surface area contributed by atoms with Gasteiger partial charge in [0, 0.05) is 38.5 Å². The Balaban J connectivity index is 1.40. The van der Waals surface area contributed by atoms with Crippen LogP contribution in [0.15, 0.2) is 91.0 Å². The molecule has 0 saturated carbocycles. The molecule has 3 aromatic carbocycles. The number of carbonyl (C=O) groups is 3. The van der Waals surface area contributed by atoms with Crippen molar-refractivity contribution < 1.29 is 19.1 Å². The lowest BCUT2D eigenvalue weighted by Crippen LogP contribution is -2.55. The molecule has 4 amide bonds. The zero-order chi connectivity index (χ0) is 28.7. The normalized spacial score (nSPS) is 14.5. The topological polar surface area (TPSA) is 99.8 Å². The summed E-state index contributed by atoms with van der Waals surface area (Å²) in [5, 5.41) is 9.10. The highest BCUT2D eigenvalue weighted by atomic mass is 16.5. The lowest BCUT2D eigenvalue weighted by atomic mass is 10.00. The van der Waals surface area contributed by atoms with Crippen molar-refractivity contribution in [2.45, 2.75) is 50.7 Å². The average Bonchev–Trinajstić information content (AvgIpc) is 3.02. The first-order valence-electron chi connectivity index (χ1n) is 14.4. The van der Waals surface area contributed by atoms with Crippen LogP contribution in [0, 0.1) is 0 Å². The first-order valence-corrected chi connectivity index (χ1v) is 14.4. The maximum atomic E-state index is 13.7. The molecule has 1 fully saturated rings. The zero-order valence-corrected chi connectivity index (χ0v) is 23.5. The maximum absolute atomic E-state index is 13.7. The Morgan fingerprint density at radius 1 is 0.732 bits per heavy atom. The van der Waals surface area contributed by atoms with Crippen LogP contribution in [0.3, 0.4) is 0 Å². The van der Waals surface area contributed by atoms with E-state index in [2.05, 4.69) is 28.1 Å². The number of carbonyl (C=O) groups excluding carboxylic acids is 3. The number of benzene rings is 3. The summed E-state index contributed by atoms with van der Waals surface area (Å²) in [7, 11) is 0. The van der Waals surface area contributed by atoms with Crippen molar-refractivity contribution >= 4 is 17.8 Å². The van der Waals surface area contributed by atoms with Crippen LogP contribution in [0.1, 0.15) is 36.0 Å². The van der Waals surface area contributed by atoms with E-state index >= 15 is 0 Å². The molecule has 41 heavy (non-hydrogen) atoms. The summed E-state index contributed by atoms with van der Waals surface area (Å²) in [4.78, 5) is 41.1. The summed E-state index contributed by atoms with van der Waals surface area (Å²) in [5.41, 5.74) is 3.16. The molecule has 216 valence electrons. The van der Waals surface area contributed by atoms with Gasteiger partial charge in [-0.25, -0.2) is 4.79 Å². The fraction of sp³-hybridized carbons (Fsp3) is 0.364. The number of hydrogen-bond acceptors (Lipinski definition) is 4. The quantitative estimate of drug-likeness (QED) is 0.298. The van der Waals surface area contributed by atoms with Crippen LogP contribution < -0.4 is 16.0 Å². The van der Waals surface area contributed by atoms with Gasteiger partial charge in [0.05, 0.1) is 13.2 Å². The third-order valence-electron chi connectivity index (χ3n) is 7.22. The molecule has 1 saturated heterocycles. The van der Waals surface area contributed by atoms with Crippen molar-refractivity contribution in [2.75, 3.05) is 26.3 Å². The van der Waals surface area contributed by atoms with E-state index in [1.165, 1.54) is 5.56 Å². The monoisotopic (exact) mass is 556 g/mol. The first kappa shape index (κ1) is 29.8. The molecule has 4 rings (SSSR count). The predicted octanol–water partition coefficient (Wildman–Crippen LogP) is 3.85. The molecule has 8 nitrogen and oxygen atoms in total. The molecular weight excluding hydrogens is 516 g/mol. The van der Waals surface area contributed by atoms with E-state index in [0.717, 1.165) is 17.5 Å². The standard InChI is InChI=1S/C33H40N4O4/c38-31(34-25-28-14-8-3-9-15-28)19-18-29(17-16-26-10-4-1-5-11-26)35-32(39)30(24-27-12-6-2-7-13-27)36-33(40)37-20-22-41-23-21-37/h1-15,29-30H,16-25H2,(H,34,38)(H,35,39)(H,36,40)/t29-,30+/m1/s1. The highest BCUT2D eigenvalue weighted by Crippen LogP contribution is 2.12. The van der Waals surface area contributed by atoms with Crippen LogP contribution in [-0.4, -0.2) is 61.1 Å². The SMILES string of the molecule is O=C(CC[C@@H](CCc1ccccc1)NC(=O)[C@H](Cc1ccccc1)NC(=O)N1CCOCC1)NCc1ccccc1. The molecule has 8 heteroatoms. The third kappa shape index (κ3) is 10.4. The van der Waals surface area contributed by atoms with E-state index in [9.17, 15) is 14.4 Å². The minimum Gasteiger partial charge on any atom is -0.378 e. The Morgan fingerprint density at radius 2 is 1.32 bits per heavy atom. The summed E-state index contributed by atoms with van der Waals surface area (Å²) < 4.78 is 5.37. The summed E-state index contributed by atoms with van der Waals surface area (Å²) >= 11 is 0. The summed E-state index contributed by atoms with van der Waals surface area (Å²) in [6, 6.07) is 28.3.